The van der Waals surface area contributed by atoms with Gasteiger partial charge in [0.05, 0.1) is 0 Å². The highest BCUT2D eigenvalue weighted by atomic mass is 35.7. The molecule has 0 aliphatic carbocycles. The first-order valence-electron chi connectivity index (χ1n) is 2.40. The van der Waals surface area contributed by atoms with E-state index in [4.69, 9.17) is 16.4 Å². The van der Waals surface area contributed by atoms with Crippen LogP contribution in [-0.2, 0) is 9.53 Å². The first kappa shape index (κ1) is 9.07. The van der Waals surface area contributed by atoms with E-state index >= 15 is 0 Å². The van der Waals surface area contributed by atoms with E-state index in [2.05, 4.69) is 4.74 Å². The molecule has 0 fully saturated rings. The molecule has 0 heterocycles. The number of nitrogens with two attached hydrogens (primary N) is 1. The van der Waals surface area contributed by atoms with Gasteiger partial charge in [0.2, 0.25) is 0 Å². The Balaban J connectivity index is 3.06. The summed E-state index contributed by atoms with van der Waals surface area (Å²) in [7, 11) is 6.08. The minimum absolute atomic E-state index is 0.182. The fourth-order valence-electron chi connectivity index (χ4n) is 0.259. The van der Waals surface area contributed by atoms with Crippen LogP contribution in [0, 0.1) is 0 Å². The normalized spacial score (nSPS) is 9.11. The molecule has 0 radical (unpaired) electrons. The predicted octanol–water partition coefficient (Wildman–Crippen LogP) is 0.375. The molecule has 0 rings (SSSR count). The average Bonchev–Trinajstić information content (AvgIpc) is 1.85. The first-order valence-corrected chi connectivity index (χ1v) is 4.21. The number of carbonyl (C=O) groups is 1. The maximum Gasteiger partial charge on any atom is 0.317 e. The molecule has 0 atom stereocenters. The van der Waals surface area contributed by atoms with E-state index in [0.717, 1.165) is 11.0 Å². The third kappa shape index (κ3) is 5.95. The smallest absolute Gasteiger partial charge is 0.317 e. The molecule has 0 aromatic heterocycles. The van der Waals surface area contributed by atoms with Gasteiger partial charge in [-0.05, 0) is 21.7 Å². The molecule has 2 N–H and O–H groups in total. The number of rotatable bonds is 4. The molecule has 0 aliphatic heterocycles. The van der Waals surface area contributed by atoms with Crippen LogP contribution in [-0.4, -0.2) is 24.9 Å². The lowest BCUT2D eigenvalue weighted by molar-refractivity contribution is -0.140. The van der Waals surface area contributed by atoms with Gasteiger partial charge in [-0.3, -0.25) is 4.79 Å². The largest absolute Gasteiger partial charge is 0.464 e. The maximum absolute atomic E-state index is 10.4. The predicted molar refractivity (Wildman–Crippen MR) is 38.3 cm³/mol. The van der Waals surface area contributed by atoms with Crippen LogP contribution in [0.15, 0.2) is 0 Å². The minimum Gasteiger partial charge on any atom is -0.464 e. The van der Waals surface area contributed by atoms with Gasteiger partial charge in [0, 0.05) is 6.54 Å². The second-order valence-corrected chi connectivity index (χ2v) is 2.42. The van der Waals surface area contributed by atoms with Crippen molar-refractivity contribution < 1.29 is 9.53 Å². The van der Waals surface area contributed by atoms with Gasteiger partial charge in [0.1, 0.15) is 12.4 Å². The van der Waals surface area contributed by atoms with Gasteiger partial charge >= 0.3 is 5.97 Å². The van der Waals surface area contributed by atoms with E-state index in [1.54, 1.807) is 0 Å². The van der Waals surface area contributed by atoms with Gasteiger partial charge in [-0.15, -0.1) is 0 Å². The summed E-state index contributed by atoms with van der Waals surface area (Å²) in [5, 5.41) is 0. The number of esters is 1. The van der Waals surface area contributed by atoms with Crippen molar-refractivity contribution in [1.82, 2.24) is 0 Å². The van der Waals surface area contributed by atoms with Crippen molar-refractivity contribution in [1.29, 1.82) is 0 Å². The Labute approximate surface area is 62.4 Å². The molecular formula is C4H8ClNO2S. The second-order valence-electron chi connectivity index (χ2n) is 1.26. The summed E-state index contributed by atoms with van der Waals surface area (Å²) in [5.41, 5.74) is 5.06. The zero-order chi connectivity index (χ0) is 7.11. The zero-order valence-electron chi connectivity index (χ0n) is 4.80. The van der Waals surface area contributed by atoms with E-state index in [1.807, 2.05) is 0 Å². The lowest BCUT2D eigenvalue weighted by Gasteiger charge is -1.98. The van der Waals surface area contributed by atoms with Crippen LogP contribution in [0.1, 0.15) is 0 Å². The molecule has 0 spiro atoms. The van der Waals surface area contributed by atoms with Crippen molar-refractivity contribution in [2.45, 2.75) is 0 Å². The molecule has 0 unspecified atom stereocenters. The molecule has 54 valence electrons. The summed E-state index contributed by atoms with van der Waals surface area (Å²) in [6.07, 6.45) is 0. The Morgan fingerprint density at radius 1 is 1.78 bits per heavy atom. The molecule has 9 heavy (non-hydrogen) atoms. The SMILES string of the molecule is NCCOC(=O)CSCl. The van der Waals surface area contributed by atoms with Crippen LogP contribution in [0.5, 0.6) is 0 Å². The zero-order valence-corrected chi connectivity index (χ0v) is 6.37. The molecular weight excluding hydrogens is 162 g/mol. The molecule has 5 heteroatoms. The Kier molecular flexibility index (Phi) is 6.24. The van der Waals surface area contributed by atoms with Crippen LogP contribution >= 0.6 is 21.7 Å². The Bertz CT molecular complexity index is 90.6. The standard InChI is InChI=1S/C4H8ClNO2S/c5-9-3-4(7)8-2-1-6/h1-3,6H2. The minimum atomic E-state index is -0.319. The maximum atomic E-state index is 10.4. The summed E-state index contributed by atoms with van der Waals surface area (Å²) in [4.78, 5) is 10.4. The van der Waals surface area contributed by atoms with Gasteiger partial charge in [-0.2, -0.15) is 0 Å². The Hall–Kier alpha value is 0.0700. The number of hydrogen-bond acceptors (Lipinski definition) is 4. The van der Waals surface area contributed by atoms with Crippen LogP contribution in [0.25, 0.3) is 0 Å². The van der Waals surface area contributed by atoms with Crippen LogP contribution in [0.4, 0.5) is 0 Å². The Morgan fingerprint density at radius 2 is 2.44 bits per heavy atom. The van der Waals surface area contributed by atoms with Crippen LogP contribution in [0.3, 0.4) is 0 Å². The number of ether oxygens (including phenoxy) is 1. The fraction of sp³-hybridized carbons (Fsp3) is 0.750. The molecule has 0 saturated heterocycles. The van der Waals surface area contributed by atoms with Gasteiger partial charge in [0.15, 0.2) is 0 Å². The van der Waals surface area contributed by atoms with Crippen molar-refractivity contribution in [2.24, 2.45) is 5.73 Å². The van der Waals surface area contributed by atoms with Crippen molar-refractivity contribution in [2.75, 3.05) is 18.9 Å². The monoisotopic (exact) mass is 169 g/mol. The summed E-state index contributed by atoms with van der Waals surface area (Å²) in [6, 6.07) is 0. The summed E-state index contributed by atoms with van der Waals surface area (Å²) >= 11 is 0. The van der Waals surface area contributed by atoms with Crippen molar-refractivity contribution in [3.63, 3.8) is 0 Å². The highest BCUT2D eigenvalue weighted by Gasteiger charge is 1.98. The molecule has 0 bridgehead atoms. The van der Waals surface area contributed by atoms with Gasteiger partial charge in [0.25, 0.3) is 0 Å². The molecule has 0 aliphatic rings. The van der Waals surface area contributed by atoms with Crippen molar-refractivity contribution in [3.05, 3.63) is 0 Å². The Morgan fingerprint density at radius 3 is 2.89 bits per heavy atom. The third-order valence-corrected chi connectivity index (χ3v) is 1.23. The highest BCUT2D eigenvalue weighted by molar-refractivity contribution is 8.21. The molecule has 0 amide bonds. The molecule has 0 aromatic rings. The van der Waals surface area contributed by atoms with Crippen molar-refractivity contribution >= 4 is 27.6 Å². The first-order chi connectivity index (χ1) is 4.31. The van der Waals surface area contributed by atoms with Gasteiger partial charge in [-0.1, -0.05) is 0 Å². The topological polar surface area (TPSA) is 52.3 Å². The summed E-state index contributed by atoms with van der Waals surface area (Å²) in [6.45, 7) is 0.634. The fourth-order valence-corrected chi connectivity index (χ4v) is 0.699. The summed E-state index contributed by atoms with van der Waals surface area (Å²) in [5.74, 6) is -0.137. The van der Waals surface area contributed by atoms with Crippen molar-refractivity contribution in [3.8, 4) is 0 Å². The van der Waals surface area contributed by atoms with Crippen LogP contribution in [0.2, 0.25) is 0 Å². The highest BCUT2D eigenvalue weighted by Crippen LogP contribution is 2.04. The molecule has 0 aromatic carbocycles. The third-order valence-electron chi connectivity index (χ3n) is 0.553. The van der Waals surface area contributed by atoms with E-state index < -0.39 is 0 Å². The van der Waals surface area contributed by atoms with Crippen LogP contribution < -0.4 is 5.73 Å². The average molecular weight is 170 g/mol. The lowest BCUT2D eigenvalue weighted by Crippen LogP contribution is -2.14. The van der Waals surface area contributed by atoms with Gasteiger partial charge in [-0.25, -0.2) is 0 Å². The number of hydrogen-bond donors (Lipinski definition) is 1. The van der Waals surface area contributed by atoms with E-state index in [0.29, 0.717) is 6.54 Å². The van der Waals surface area contributed by atoms with E-state index in [1.165, 1.54) is 0 Å². The van der Waals surface area contributed by atoms with E-state index in [-0.39, 0.29) is 18.3 Å². The molecule has 3 nitrogen and oxygen atoms in total. The molecule has 0 saturated carbocycles. The van der Waals surface area contributed by atoms with E-state index in [9.17, 15) is 4.79 Å². The summed E-state index contributed by atoms with van der Waals surface area (Å²) < 4.78 is 4.56. The number of carbonyl (C=O) groups excluding carboxylic acids is 1. The lowest BCUT2D eigenvalue weighted by atomic mass is 10.7. The van der Waals surface area contributed by atoms with Gasteiger partial charge < -0.3 is 10.5 Å². The second kappa shape index (κ2) is 6.19. The quantitative estimate of drug-likeness (QED) is 0.619. The number of halogens is 1.